The van der Waals surface area contributed by atoms with Crippen LogP contribution in [0.15, 0.2) is 60.7 Å². The first-order valence-electron chi connectivity index (χ1n) is 13.5. The molecule has 2 fully saturated rings. The maximum atomic E-state index is 15.1. The topological polar surface area (TPSA) is 85.8 Å². The molecule has 0 saturated carbocycles. The third-order valence-corrected chi connectivity index (χ3v) is 7.55. The van der Waals surface area contributed by atoms with Crippen molar-refractivity contribution in [1.82, 2.24) is 9.97 Å². The molecule has 0 amide bonds. The van der Waals surface area contributed by atoms with E-state index < -0.39 is 18.0 Å². The Morgan fingerprint density at radius 2 is 1.74 bits per heavy atom. The number of rotatable bonds is 8. The van der Waals surface area contributed by atoms with E-state index in [1.54, 1.807) is 13.2 Å². The average Bonchev–Trinajstić information content (AvgIpc) is 3.48. The number of fused-ring (bicyclic) bond motifs is 2. The standard InChI is InChI=1S/C31H33FN2O5/c1-36-14-2-4-19-6-8-20(9-7-19)21-10-12-22(13-11-21)29-23(32)16-24-25(34-29)17-28(33-24)39-27-18-38-30-26(35)5-3-15-37-31(27)30/h6-13,16-17,26-27,30-31,33,35H,2-5,14-15,18H2,1H3/t26-,27-,30-,31-/m1/s1. The third-order valence-electron chi connectivity index (χ3n) is 7.55. The number of methoxy groups -OCH3 is 1. The van der Waals surface area contributed by atoms with Crippen molar-refractivity contribution < 1.29 is 28.4 Å². The molecule has 204 valence electrons. The fraction of sp³-hybridized carbons (Fsp3) is 0.387. The highest BCUT2D eigenvalue weighted by atomic mass is 19.1. The Morgan fingerprint density at radius 3 is 2.51 bits per heavy atom. The van der Waals surface area contributed by atoms with Crippen LogP contribution in [0.2, 0.25) is 0 Å². The average molecular weight is 533 g/mol. The molecule has 2 aromatic heterocycles. The van der Waals surface area contributed by atoms with Crippen molar-refractivity contribution >= 4 is 11.0 Å². The lowest BCUT2D eigenvalue weighted by Gasteiger charge is -2.23. The monoisotopic (exact) mass is 532 g/mol. The van der Waals surface area contributed by atoms with Crippen LogP contribution in [-0.4, -0.2) is 66.4 Å². The number of benzene rings is 2. The molecule has 6 rings (SSSR count). The number of nitrogens with one attached hydrogen (secondary N) is 1. The second-order valence-corrected chi connectivity index (χ2v) is 10.3. The van der Waals surface area contributed by atoms with Crippen LogP contribution in [0.25, 0.3) is 33.4 Å². The summed E-state index contributed by atoms with van der Waals surface area (Å²) >= 11 is 0. The highest BCUT2D eigenvalue weighted by Gasteiger charge is 2.44. The van der Waals surface area contributed by atoms with Gasteiger partial charge in [-0.2, -0.15) is 0 Å². The Hall–Kier alpha value is -3.30. The number of ether oxygens (including phenoxy) is 4. The van der Waals surface area contributed by atoms with Gasteiger partial charge in [0.15, 0.2) is 17.8 Å². The number of nitrogens with zero attached hydrogens (tertiary/aromatic N) is 1. The van der Waals surface area contributed by atoms with Gasteiger partial charge in [-0.05, 0) is 42.4 Å². The summed E-state index contributed by atoms with van der Waals surface area (Å²) in [4.78, 5) is 7.71. The van der Waals surface area contributed by atoms with E-state index in [9.17, 15) is 5.11 Å². The predicted octanol–water partition coefficient (Wildman–Crippen LogP) is 5.30. The number of pyridine rings is 1. The molecule has 0 spiro atoms. The zero-order valence-corrected chi connectivity index (χ0v) is 21.9. The Labute approximate surface area is 226 Å². The minimum Gasteiger partial charge on any atom is -0.470 e. The van der Waals surface area contributed by atoms with Gasteiger partial charge in [0.25, 0.3) is 0 Å². The van der Waals surface area contributed by atoms with Crippen molar-refractivity contribution in [2.45, 2.75) is 50.1 Å². The molecule has 0 radical (unpaired) electrons. The van der Waals surface area contributed by atoms with Gasteiger partial charge in [-0.15, -0.1) is 0 Å². The van der Waals surface area contributed by atoms with Gasteiger partial charge in [0, 0.05) is 38.0 Å². The largest absolute Gasteiger partial charge is 0.470 e. The minimum atomic E-state index is -0.566. The van der Waals surface area contributed by atoms with Gasteiger partial charge in [0.05, 0.1) is 23.7 Å². The zero-order valence-electron chi connectivity index (χ0n) is 21.9. The Balaban J connectivity index is 1.17. The molecule has 8 heteroatoms. The molecular weight excluding hydrogens is 499 g/mol. The van der Waals surface area contributed by atoms with Gasteiger partial charge in [-0.3, -0.25) is 0 Å². The van der Waals surface area contributed by atoms with Crippen LogP contribution in [0.5, 0.6) is 5.88 Å². The first kappa shape index (κ1) is 26.0. The molecule has 4 atom stereocenters. The summed E-state index contributed by atoms with van der Waals surface area (Å²) in [5, 5.41) is 10.3. The third kappa shape index (κ3) is 5.56. The quantitative estimate of drug-likeness (QED) is 0.300. The van der Waals surface area contributed by atoms with Crippen molar-refractivity contribution in [2.75, 3.05) is 26.9 Å². The molecule has 2 N–H and O–H groups in total. The molecule has 0 aliphatic carbocycles. The van der Waals surface area contributed by atoms with E-state index in [0.717, 1.165) is 37.0 Å². The van der Waals surface area contributed by atoms with Gasteiger partial charge < -0.3 is 29.0 Å². The SMILES string of the molecule is COCCCc1ccc(-c2ccc(-c3nc4cc(O[C@@H]5CO[C@H]6[C@@H]5OCCC[C@H]6O)[nH]c4cc3F)cc2)cc1. The summed E-state index contributed by atoms with van der Waals surface area (Å²) in [6, 6.07) is 19.5. The van der Waals surface area contributed by atoms with Crippen molar-refractivity contribution in [2.24, 2.45) is 0 Å². The number of aromatic amines is 1. The second-order valence-electron chi connectivity index (χ2n) is 10.3. The Bertz CT molecular complexity index is 1410. The van der Waals surface area contributed by atoms with E-state index >= 15 is 4.39 Å². The van der Waals surface area contributed by atoms with E-state index in [1.807, 2.05) is 24.3 Å². The Morgan fingerprint density at radius 1 is 1.00 bits per heavy atom. The molecule has 2 aliphatic heterocycles. The molecule has 2 saturated heterocycles. The number of hydrogen-bond donors (Lipinski definition) is 2. The second kappa shape index (κ2) is 11.4. The summed E-state index contributed by atoms with van der Waals surface area (Å²) < 4.78 is 38.1. The maximum Gasteiger partial charge on any atom is 0.193 e. The van der Waals surface area contributed by atoms with Gasteiger partial charge >= 0.3 is 0 Å². The fourth-order valence-electron chi connectivity index (χ4n) is 5.46. The van der Waals surface area contributed by atoms with E-state index in [1.165, 1.54) is 11.6 Å². The number of halogens is 1. The normalized spacial score (nSPS) is 23.1. The van der Waals surface area contributed by atoms with E-state index in [2.05, 4.69) is 34.2 Å². The van der Waals surface area contributed by atoms with Crippen LogP contribution < -0.4 is 4.74 Å². The highest BCUT2D eigenvalue weighted by molar-refractivity contribution is 5.81. The number of aliphatic hydroxyl groups excluding tert-OH is 1. The number of aliphatic hydroxyl groups is 1. The van der Waals surface area contributed by atoms with Crippen molar-refractivity contribution in [3.05, 3.63) is 72.0 Å². The lowest BCUT2D eigenvalue weighted by molar-refractivity contribution is -0.0594. The van der Waals surface area contributed by atoms with Gasteiger partial charge in [0.1, 0.15) is 17.9 Å². The summed E-state index contributed by atoms with van der Waals surface area (Å²) in [5.74, 6) is 0.0511. The predicted molar refractivity (Wildman–Crippen MR) is 146 cm³/mol. The van der Waals surface area contributed by atoms with Crippen LogP contribution in [0.4, 0.5) is 4.39 Å². The summed E-state index contributed by atoms with van der Waals surface area (Å²) in [6.45, 7) is 1.63. The first-order valence-corrected chi connectivity index (χ1v) is 13.5. The number of H-pyrrole nitrogens is 1. The molecule has 7 nitrogen and oxygen atoms in total. The molecule has 2 aliphatic rings. The molecule has 4 aromatic rings. The first-order chi connectivity index (χ1) is 19.1. The van der Waals surface area contributed by atoms with Crippen molar-refractivity contribution in [3.8, 4) is 28.3 Å². The van der Waals surface area contributed by atoms with Crippen molar-refractivity contribution in [1.29, 1.82) is 0 Å². The van der Waals surface area contributed by atoms with Crippen LogP contribution in [0.1, 0.15) is 24.8 Å². The zero-order chi connectivity index (χ0) is 26.8. The minimum absolute atomic E-state index is 0.285. The van der Waals surface area contributed by atoms with E-state index in [4.69, 9.17) is 18.9 Å². The molecule has 0 unspecified atom stereocenters. The van der Waals surface area contributed by atoms with Crippen molar-refractivity contribution in [3.63, 3.8) is 0 Å². The maximum absolute atomic E-state index is 15.1. The van der Waals surface area contributed by atoms with Crippen LogP contribution in [0, 0.1) is 5.82 Å². The highest BCUT2D eigenvalue weighted by Crippen LogP contribution is 2.32. The lowest BCUT2D eigenvalue weighted by Crippen LogP contribution is -2.41. The molecular formula is C31H33FN2O5. The van der Waals surface area contributed by atoms with Crippen LogP contribution in [0.3, 0.4) is 0 Å². The lowest BCUT2D eigenvalue weighted by atomic mass is 10.00. The molecule has 39 heavy (non-hydrogen) atoms. The van der Waals surface area contributed by atoms with E-state index in [0.29, 0.717) is 42.1 Å². The van der Waals surface area contributed by atoms with Gasteiger partial charge in [0.2, 0.25) is 0 Å². The summed E-state index contributed by atoms with van der Waals surface area (Å²) in [5.41, 5.74) is 5.58. The van der Waals surface area contributed by atoms with Gasteiger partial charge in [-0.25, -0.2) is 9.37 Å². The Kier molecular flexibility index (Phi) is 7.61. The molecule has 2 aromatic carbocycles. The molecule has 0 bridgehead atoms. The number of hydrogen-bond acceptors (Lipinski definition) is 6. The van der Waals surface area contributed by atoms with Gasteiger partial charge in [-0.1, -0.05) is 48.5 Å². The fourth-order valence-corrected chi connectivity index (χ4v) is 5.46. The number of aryl methyl sites for hydroxylation is 1. The van der Waals surface area contributed by atoms with Crippen LogP contribution >= 0.6 is 0 Å². The summed E-state index contributed by atoms with van der Waals surface area (Å²) in [7, 11) is 1.72. The summed E-state index contributed by atoms with van der Waals surface area (Å²) in [6.07, 6.45) is 1.73. The smallest absolute Gasteiger partial charge is 0.193 e. The number of aromatic nitrogens is 2. The van der Waals surface area contributed by atoms with Crippen LogP contribution in [-0.2, 0) is 20.6 Å². The molecule has 4 heterocycles. The van der Waals surface area contributed by atoms with E-state index in [-0.39, 0.29) is 17.9 Å².